The Hall–Kier alpha value is -2.68. The van der Waals surface area contributed by atoms with E-state index in [-0.39, 0.29) is 10.7 Å². The summed E-state index contributed by atoms with van der Waals surface area (Å²) >= 11 is 5.83. The maximum Gasteiger partial charge on any atom is 0.325 e. The fraction of sp³-hybridized carbons (Fsp3) is 0.308. The first-order valence-electron chi connectivity index (χ1n) is 6.22. The number of hydrogen-bond acceptors (Lipinski definition) is 7. The fourth-order valence-corrected chi connectivity index (χ4v) is 1.73. The van der Waals surface area contributed by atoms with Crippen LogP contribution < -0.4 is 10.1 Å². The Labute approximate surface area is 135 Å². The number of amides is 1. The number of hydrogen-bond donors (Lipinski definition) is 1. The van der Waals surface area contributed by atoms with Crippen LogP contribution in [0.3, 0.4) is 0 Å². The molecule has 0 saturated carbocycles. The van der Waals surface area contributed by atoms with E-state index in [1.165, 1.54) is 13.8 Å². The molecule has 1 unspecified atom stereocenters. The highest BCUT2D eigenvalue weighted by molar-refractivity contribution is 6.34. The average Bonchev–Trinajstić information content (AvgIpc) is 2.47. The summed E-state index contributed by atoms with van der Waals surface area (Å²) in [7, 11) is 1.09. The van der Waals surface area contributed by atoms with Crippen molar-refractivity contribution in [3.63, 3.8) is 0 Å². The van der Waals surface area contributed by atoms with Gasteiger partial charge < -0.3 is 14.8 Å². The molecule has 1 amide bonds. The lowest BCUT2D eigenvalue weighted by molar-refractivity contribution is -0.385. The summed E-state index contributed by atoms with van der Waals surface area (Å²) in [6.07, 6.45) is 0. The molecule has 0 saturated heterocycles. The second-order valence-electron chi connectivity index (χ2n) is 4.40. The average molecular weight is 345 g/mol. The lowest BCUT2D eigenvalue weighted by Gasteiger charge is -2.11. The highest BCUT2D eigenvalue weighted by Gasteiger charge is 2.28. The summed E-state index contributed by atoms with van der Waals surface area (Å²) < 4.78 is 9.27. The molecule has 0 radical (unpaired) electrons. The van der Waals surface area contributed by atoms with Crippen LogP contribution in [0.15, 0.2) is 12.1 Å². The molecule has 0 spiro atoms. The number of methoxy groups -OCH3 is 1. The van der Waals surface area contributed by atoms with Crippen molar-refractivity contribution in [2.45, 2.75) is 13.8 Å². The third-order valence-electron chi connectivity index (χ3n) is 2.67. The van der Waals surface area contributed by atoms with E-state index in [1.54, 1.807) is 0 Å². The predicted molar refractivity (Wildman–Crippen MR) is 79.2 cm³/mol. The Morgan fingerprint density at radius 1 is 1.30 bits per heavy atom. The molecule has 0 aromatic heterocycles. The van der Waals surface area contributed by atoms with Crippen LogP contribution >= 0.6 is 11.6 Å². The molecule has 1 aromatic carbocycles. The summed E-state index contributed by atoms with van der Waals surface area (Å²) in [6.45, 7) is 2.44. The molecule has 0 aliphatic rings. The van der Waals surface area contributed by atoms with Gasteiger partial charge in [-0.2, -0.15) is 0 Å². The summed E-state index contributed by atoms with van der Waals surface area (Å²) in [6, 6.07) is 1.96. The molecule has 0 fully saturated rings. The van der Waals surface area contributed by atoms with E-state index >= 15 is 0 Å². The number of carbonyl (C=O) groups excluding carboxylic acids is 3. The molecule has 124 valence electrons. The number of benzene rings is 1. The minimum atomic E-state index is -1.28. The van der Waals surface area contributed by atoms with Gasteiger partial charge in [-0.25, -0.2) is 0 Å². The van der Waals surface area contributed by atoms with Gasteiger partial charge in [-0.15, -0.1) is 0 Å². The summed E-state index contributed by atoms with van der Waals surface area (Å²) in [5.74, 6) is -4.10. The zero-order chi connectivity index (χ0) is 17.7. The molecule has 9 nitrogen and oxygen atoms in total. The number of nitro benzene ring substituents is 1. The smallest absolute Gasteiger partial charge is 0.325 e. The Bertz CT molecular complexity index is 675. The first kappa shape index (κ1) is 18.4. The Morgan fingerprint density at radius 2 is 1.91 bits per heavy atom. The minimum Gasteiger partial charge on any atom is -0.468 e. The van der Waals surface area contributed by atoms with Crippen LogP contribution in [0, 0.1) is 16.0 Å². The largest absolute Gasteiger partial charge is 0.468 e. The predicted octanol–water partition coefficient (Wildman–Crippen LogP) is 1.92. The van der Waals surface area contributed by atoms with Gasteiger partial charge in [0.25, 0.3) is 0 Å². The van der Waals surface area contributed by atoms with Gasteiger partial charge in [-0.05, 0) is 6.92 Å². The molecule has 0 aliphatic carbocycles. The van der Waals surface area contributed by atoms with Gasteiger partial charge in [0.15, 0.2) is 5.92 Å². The van der Waals surface area contributed by atoms with E-state index in [0.717, 1.165) is 19.2 Å². The Kier molecular flexibility index (Phi) is 6.02. The van der Waals surface area contributed by atoms with Gasteiger partial charge in [0.05, 0.1) is 22.7 Å². The number of carbonyl (C=O) groups is 3. The van der Waals surface area contributed by atoms with Gasteiger partial charge in [-0.3, -0.25) is 24.5 Å². The number of nitrogens with zero attached hydrogens (tertiary/aromatic N) is 1. The van der Waals surface area contributed by atoms with E-state index < -0.39 is 40.1 Å². The zero-order valence-corrected chi connectivity index (χ0v) is 13.2. The maximum atomic E-state index is 11.8. The molecule has 10 heteroatoms. The number of rotatable bonds is 5. The Morgan fingerprint density at radius 3 is 2.39 bits per heavy atom. The number of halogens is 1. The second kappa shape index (κ2) is 7.54. The third kappa shape index (κ3) is 4.65. The van der Waals surface area contributed by atoms with Crippen molar-refractivity contribution in [2.75, 3.05) is 12.4 Å². The first-order valence-corrected chi connectivity index (χ1v) is 6.60. The van der Waals surface area contributed by atoms with Crippen molar-refractivity contribution in [2.24, 2.45) is 5.92 Å². The van der Waals surface area contributed by atoms with Crippen molar-refractivity contribution in [3.05, 3.63) is 27.3 Å². The van der Waals surface area contributed by atoms with Crippen LogP contribution in [0.25, 0.3) is 0 Å². The highest BCUT2D eigenvalue weighted by Crippen LogP contribution is 2.36. The maximum absolute atomic E-state index is 11.8. The van der Waals surface area contributed by atoms with E-state index in [1.807, 2.05) is 0 Å². The molecule has 0 aliphatic heterocycles. The summed E-state index contributed by atoms with van der Waals surface area (Å²) in [5, 5.41) is 13.3. The fourth-order valence-electron chi connectivity index (χ4n) is 1.52. The monoisotopic (exact) mass is 344 g/mol. The minimum absolute atomic E-state index is 0.0262. The van der Waals surface area contributed by atoms with Crippen LogP contribution in [0.2, 0.25) is 5.02 Å². The third-order valence-corrected chi connectivity index (χ3v) is 2.99. The number of ether oxygens (including phenoxy) is 2. The molecular formula is C13H13ClN2O7. The number of nitro groups is 1. The zero-order valence-electron chi connectivity index (χ0n) is 12.4. The van der Waals surface area contributed by atoms with Gasteiger partial charge in [0.1, 0.15) is 0 Å². The topological polar surface area (TPSA) is 125 Å². The normalized spacial score (nSPS) is 11.3. The van der Waals surface area contributed by atoms with Gasteiger partial charge >= 0.3 is 17.6 Å². The van der Waals surface area contributed by atoms with Gasteiger partial charge in [-0.1, -0.05) is 11.6 Å². The summed E-state index contributed by atoms with van der Waals surface area (Å²) in [5.41, 5.74) is -0.562. The van der Waals surface area contributed by atoms with Crippen molar-refractivity contribution in [1.82, 2.24) is 0 Å². The number of esters is 2. The number of nitrogens with one attached hydrogen (secondary N) is 1. The van der Waals surface area contributed by atoms with Crippen LogP contribution in [0.4, 0.5) is 11.4 Å². The van der Waals surface area contributed by atoms with E-state index in [0.29, 0.717) is 0 Å². The molecule has 1 atom stereocenters. The summed E-state index contributed by atoms with van der Waals surface area (Å²) in [4.78, 5) is 44.4. The molecule has 23 heavy (non-hydrogen) atoms. The van der Waals surface area contributed by atoms with Crippen molar-refractivity contribution < 1.29 is 28.8 Å². The molecular weight excluding hydrogens is 332 g/mol. The quantitative estimate of drug-likeness (QED) is 0.284. The van der Waals surface area contributed by atoms with Crippen LogP contribution in [0.1, 0.15) is 13.8 Å². The van der Waals surface area contributed by atoms with Crippen molar-refractivity contribution >= 4 is 40.8 Å². The SMILES string of the molecule is COC(=O)C(C)C(=O)Oc1cc(NC(C)=O)c(Cl)cc1[N+](=O)[O-]. The van der Waals surface area contributed by atoms with Gasteiger partial charge in [0.2, 0.25) is 11.7 Å². The number of anilines is 1. The van der Waals surface area contributed by atoms with E-state index in [9.17, 15) is 24.5 Å². The van der Waals surface area contributed by atoms with Crippen LogP contribution in [-0.4, -0.2) is 29.9 Å². The lowest BCUT2D eigenvalue weighted by atomic mass is 10.2. The van der Waals surface area contributed by atoms with Crippen LogP contribution in [-0.2, 0) is 19.1 Å². The lowest BCUT2D eigenvalue weighted by Crippen LogP contribution is -2.26. The van der Waals surface area contributed by atoms with Crippen molar-refractivity contribution in [1.29, 1.82) is 0 Å². The first-order chi connectivity index (χ1) is 10.7. The molecule has 0 bridgehead atoms. The van der Waals surface area contributed by atoms with Gasteiger partial charge in [0, 0.05) is 19.1 Å². The molecule has 1 N–H and O–H groups in total. The molecule has 1 aromatic rings. The van der Waals surface area contributed by atoms with Crippen molar-refractivity contribution in [3.8, 4) is 5.75 Å². The van der Waals surface area contributed by atoms with Crippen LogP contribution in [0.5, 0.6) is 5.75 Å². The van der Waals surface area contributed by atoms with E-state index in [4.69, 9.17) is 16.3 Å². The standard InChI is InChI=1S/C13H13ClN2O7/c1-6(12(18)22-3)13(19)23-11-5-9(15-7(2)17)8(14)4-10(11)16(20)21/h4-6H,1-3H3,(H,15,17). The highest BCUT2D eigenvalue weighted by atomic mass is 35.5. The Balaban J connectivity index is 3.21. The second-order valence-corrected chi connectivity index (χ2v) is 4.81. The molecule has 1 rings (SSSR count). The molecule has 0 heterocycles. The van der Waals surface area contributed by atoms with E-state index in [2.05, 4.69) is 10.1 Å².